The minimum absolute atomic E-state index is 0.262. The number of rotatable bonds is 1. The van der Waals surface area contributed by atoms with Gasteiger partial charge in [0, 0.05) is 18.5 Å². The Morgan fingerprint density at radius 3 is 2.96 bits per heavy atom. The highest BCUT2D eigenvalue weighted by atomic mass is 16.7. The Morgan fingerprint density at radius 2 is 2.12 bits per heavy atom. The summed E-state index contributed by atoms with van der Waals surface area (Å²) < 4.78 is 11.3. The number of nitrogens with zero attached hydrogens (tertiary/aromatic N) is 2. The average molecular weight is 322 g/mol. The fourth-order valence-electron chi connectivity index (χ4n) is 2.77. The molecule has 1 atom stereocenters. The highest BCUT2D eigenvalue weighted by Crippen LogP contribution is 2.40. The number of carbonyl (C=O) groups is 1. The number of fused-ring (bicyclic) bond motifs is 4. The minimum atomic E-state index is -0.993. The van der Waals surface area contributed by atoms with Gasteiger partial charge in [-0.25, -0.2) is 10.1 Å². The van der Waals surface area contributed by atoms with Gasteiger partial charge in [-0.1, -0.05) is 30.3 Å². The van der Waals surface area contributed by atoms with Gasteiger partial charge >= 0.3 is 5.97 Å². The molecule has 1 unspecified atom stereocenters. The molecule has 2 aromatic rings. The van der Waals surface area contributed by atoms with Crippen LogP contribution in [0.5, 0.6) is 5.75 Å². The van der Waals surface area contributed by atoms with E-state index in [0.29, 0.717) is 17.0 Å². The molecule has 0 saturated heterocycles. The van der Waals surface area contributed by atoms with Gasteiger partial charge in [-0.3, -0.25) is 10.0 Å². The summed E-state index contributed by atoms with van der Waals surface area (Å²) in [4.78, 5) is 16.0. The van der Waals surface area contributed by atoms with Crippen LogP contribution >= 0.6 is 0 Å². The molecule has 2 aromatic carbocycles. The van der Waals surface area contributed by atoms with Gasteiger partial charge in [0.15, 0.2) is 11.6 Å². The highest BCUT2D eigenvalue weighted by Gasteiger charge is 2.32. The van der Waals surface area contributed by atoms with Gasteiger partial charge < -0.3 is 9.47 Å². The topological polar surface area (TPSA) is 71.4 Å². The molecule has 2 heterocycles. The summed E-state index contributed by atoms with van der Waals surface area (Å²) in [5, 5.41) is 12.8. The molecule has 0 radical (unpaired) electrons. The lowest BCUT2D eigenvalue weighted by Crippen LogP contribution is -2.35. The Morgan fingerprint density at radius 1 is 1.29 bits per heavy atom. The van der Waals surface area contributed by atoms with Gasteiger partial charge in [0.2, 0.25) is 0 Å². The summed E-state index contributed by atoms with van der Waals surface area (Å²) in [7, 11) is 0. The van der Waals surface area contributed by atoms with Crippen molar-refractivity contribution in [1.82, 2.24) is 5.06 Å². The molecule has 0 aromatic heterocycles. The van der Waals surface area contributed by atoms with E-state index in [0.717, 1.165) is 15.8 Å². The molecular formula is C18H14N2O4. The molecule has 120 valence electrons. The maximum absolute atomic E-state index is 11.5. The van der Waals surface area contributed by atoms with E-state index < -0.39 is 12.3 Å². The predicted molar refractivity (Wildman–Crippen MR) is 88.1 cm³/mol. The first-order valence-electron chi connectivity index (χ1n) is 7.44. The highest BCUT2D eigenvalue weighted by molar-refractivity contribution is 6.04. The van der Waals surface area contributed by atoms with E-state index in [1.807, 2.05) is 36.4 Å². The van der Waals surface area contributed by atoms with Gasteiger partial charge in [-0.2, -0.15) is 0 Å². The Hall–Kier alpha value is -3.12. The number of ether oxygens (including phenoxy) is 2. The van der Waals surface area contributed by atoms with Crippen LogP contribution in [-0.4, -0.2) is 28.4 Å². The number of amidine groups is 1. The van der Waals surface area contributed by atoms with Crippen LogP contribution in [0.4, 0.5) is 5.69 Å². The van der Waals surface area contributed by atoms with Crippen molar-refractivity contribution in [2.45, 2.75) is 13.2 Å². The zero-order chi connectivity index (χ0) is 16.7. The van der Waals surface area contributed by atoms with Crippen LogP contribution in [-0.2, 0) is 9.53 Å². The first-order chi connectivity index (χ1) is 11.6. The van der Waals surface area contributed by atoms with Crippen LogP contribution in [0, 0.1) is 0 Å². The molecular weight excluding hydrogens is 308 g/mol. The van der Waals surface area contributed by atoms with Crippen molar-refractivity contribution in [1.29, 1.82) is 0 Å². The Labute approximate surface area is 137 Å². The molecule has 0 fully saturated rings. The molecule has 0 aliphatic carbocycles. The summed E-state index contributed by atoms with van der Waals surface area (Å²) in [6, 6.07) is 11.4. The second kappa shape index (κ2) is 5.50. The smallest absolute Gasteiger partial charge is 0.305 e. The van der Waals surface area contributed by atoms with Crippen molar-refractivity contribution < 1.29 is 19.5 Å². The molecule has 24 heavy (non-hydrogen) atoms. The first kappa shape index (κ1) is 14.5. The van der Waals surface area contributed by atoms with Crippen LogP contribution in [0.25, 0.3) is 10.8 Å². The largest absolute Gasteiger partial charge is 0.447 e. The van der Waals surface area contributed by atoms with E-state index >= 15 is 0 Å². The zero-order valence-corrected chi connectivity index (χ0v) is 12.8. The van der Waals surface area contributed by atoms with Crippen LogP contribution in [0.2, 0.25) is 0 Å². The maximum Gasteiger partial charge on any atom is 0.305 e. The monoisotopic (exact) mass is 322 g/mol. The van der Waals surface area contributed by atoms with E-state index in [2.05, 4.69) is 4.99 Å². The molecule has 2 aliphatic rings. The quantitative estimate of drug-likeness (QED) is 0.816. The van der Waals surface area contributed by atoms with E-state index in [9.17, 15) is 10.0 Å². The third-order valence-electron chi connectivity index (χ3n) is 3.82. The molecule has 0 amide bonds. The lowest BCUT2D eigenvalue weighted by atomic mass is 10.1. The van der Waals surface area contributed by atoms with Crippen molar-refractivity contribution in [3.8, 4) is 5.75 Å². The molecule has 6 nitrogen and oxygen atoms in total. The third kappa shape index (κ3) is 2.33. The molecule has 6 heteroatoms. The predicted octanol–water partition coefficient (Wildman–Crippen LogP) is 3.30. The lowest BCUT2D eigenvalue weighted by molar-refractivity contribution is -0.155. The number of benzene rings is 2. The minimum Gasteiger partial charge on any atom is -0.447 e. The lowest BCUT2D eigenvalue weighted by Gasteiger charge is -2.24. The van der Waals surface area contributed by atoms with Gasteiger partial charge in [0.1, 0.15) is 5.69 Å². The summed E-state index contributed by atoms with van der Waals surface area (Å²) in [6.07, 6.45) is 3.79. The summed E-state index contributed by atoms with van der Waals surface area (Å²) >= 11 is 0. The molecule has 0 bridgehead atoms. The molecule has 1 N–H and O–H groups in total. The fourth-order valence-corrected chi connectivity index (χ4v) is 2.77. The fraction of sp³-hybridized carbons (Fsp3) is 0.111. The Bertz CT molecular complexity index is 930. The van der Waals surface area contributed by atoms with Crippen molar-refractivity contribution in [2.24, 2.45) is 4.99 Å². The number of esters is 1. The number of carbonyl (C=O) groups excluding carboxylic acids is 1. The van der Waals surface area contributed by atoms with E-state index in [1.54, 1.807) is 12.2 Å². The number of hydrogen-bond donors (Lipinski definition) is 1. The van der Waals surface area contributed by atoms with Crippen LogP contribution in [0.3, 0.4) is 0 Å². The van der Waals surface area contributed by atoms with Crippen molar-refractivity contribution in [3.05, 3.63) is 60.3 Å². The molecule has 2 aliphatic heterocycles. The number of hydrogen-bond acceptors (Lipinski definition) is 6. The summed E-state index contributed by atoms with van der Waals surface area (Å²) in [6.45, 7) is 1.31. The van der Waals surface area contributed by atoms with Crippen LogP contribution in [0.15, 0.2) is 65.3 Å². The van der Waals surface area contributed by atoms with Crippen molar-refractivity contribution in [2.75, 3.05) is 0 Å². The summed E-state index contributed by atoms with van der Waals surface area (Å²) in [5.74, 6) is 0.288. The Balaban J connectivity index is 1.94. The first-order valence-corrected chi connectivity index (χ1v) is 7.44. The van der Waals surface area contributed by atoms with E-state index in [4.69, 9.17) is 9.47 Å². The standard InChI is InChI=1S/C18H14N2O4/c1-11(21)23-18-14-7-4-10-20(22)17(14)19-15-9-8-12-5-2-3-6-13(12)16(15)24-18/h2-10,18,22H,1H3. The SMILES string of the molecule is CC(=O)OC1Oc2c(ccc3ccccc23)N=C2C1=CC=CN2O. The zero-order valence-electron chi connectivity index (χ0n) is 12.8. The normalized spacial score (nSPS) is 18.8. The van der Waals surface area contributed by atoms with E-state index in [-0.39, 0.29) is 5.84 Å². The summed E-state index contributed by atoms with van der Waals surface area (Å²) in [5.41, 5.74) is 1.02. The van der Waals surface area contributed by atoms with Gasteiger partial charge in [-0.15, -0.1) is 0 Å². The molecule has 0 saturated carbocycles. The number of aliphatic imine (C=N–C) groups is 1. The molecule has 0 spiro atoms. The van der Waals surface area contributed by atoms with Gasteiger partial charge in [0.05, 0.1) is 5.57 Å². The van der Waals surface area contributed by atoms with Crippen LogP contribution in [0.1, 0.15) is 6.92 Å². The second-order valence-electron chi connectivity index (χ2n) is 5.44. The van der Waals surface area contributed by atoms with Crippen molar-refractivity contribution in [3.63, 3.8) is 0 Å². The van der Waals surface area contributed by atoms with Crippen molar-refractivity contribution >= 4 is 28.3 Å². The maximum atomic E-state index is 11.5. The average Bonchev–Trinajstić information content (AvgIpc) is 2.72. The number of allylic oxidation sites excluding steroid dienone is 2. The third-order valence-corrected chi connectivity index (χ3v) is 3.82. The van der Waals surface area contributed by atoms with Gasteiger partial charge in [-0.05, 0) is 23.6 Å². The molecule has 4 rings (SSSR count). The van der Waals surface area contributed by atoms with Gasteiger partial charge in [0.25, 0.3) is 6.29 Å². The van der Waals surface area contributed by atoms with E-state index in [1.165, 1.54) is 13.1 Å². The van der Waals surface area contributed by atoms with Crippen LogP contribution < -0.4 is 4.74 Å². The second-order valence-corrected chi connectivity index (χ2v) is 5.44. The number of hydroxylamine groups is 2. The Kier molecular flexibility index (Phi) is 3.32.